The number of hydrogen-bond acceptors (Lipinski definition) is 4. The molecule has 94 valence electrons. The predicted molar refractivity (Wildman–Crippen MR) is 65.9 cm³/mol. The Morgan fingerprint density at radius 3 is 2.71 bits per heavy atom. The zero-order chi connectivity index (χ0) is 12.8. The Bertz CT molecular complexity index is 397. The molecule has 0 aromatic heterocycles. The van der Waals surface area contributed by atoms with E-state index in [0.29, 0.717) is 11.0 Å². The van der Waals surface area contributed by atoms with Gasteiger partial charge in [0.2, 0.25) is 0 Å². The van der Waals surface area contributed by atoms with Crippen LogP contribution in [0.15, 0.2) is 22.7 Å². The third kappa shape index (κ3) is 4.43. The van der Waals surface area contributed by atoms with Crippen LogP contribution in [0.25, 0.3) is 0 Å². The lowest BCUT2D eigenvalue weighted by molar-refractivity contribution is 0.0697. The number of aliphatic hydroxyl groups excluding tert-OH is 2. The summed E-state index contributed by atoms with van der Waals surface area (Å²) in [6, 6.07) is 4.75. The molecule has 1 aromatic rings. The topological polar surface area (TPSA) is 89.8 Å². The van der Waals surface area contributed by atoms with E-state index in [4.69, 9.17) is 15.3 Å². The van der Waals surface area contributed by atoms with Crippen molar-refractivity contribution in [2.45, 2.75) is 12.6 Å². The van der Waals surface area contributed by atoms with Crippen molar-refractivity contribution in [1.29, 1.82) is 0 Å². The molecule has 6 heteroatoms. The number of carboxylic acids is 1. The van der Waals surface area contributed by atoms with Crippen LogP contribution in [-0.4, -0.2) is 40.5 Å². The van der Waals surface area contributed by atoms with Gasteiger partial charge in [-0.3, -0.25) is 0 Å². The summed E-state index contributed by atoms with van der Waals surface area (Å²) in [6.07, 6.45) is -0.785. The molecule has 0 saturated heterocycles. The summed E-state index contributed by atoms with van der Waals surface area (Å²) in [7, 11) is 0. The van der Waals surface area contributed by atoms with Crippen molar-refractivity contribution in [3.05, 3.63) is 33.8 Å². The van der Waals surface area contributed by atoms with Gasteiger partial charge in [0, 0.05) is 17.6 Å². The first-order valence-corrected chi connectivity index (χ1v) is 5.85. The maximum Gasteiger partial charge on any atom is 0.335 e. The van der Waals surface area contributed by atoms with Gasteiger partial charge in [-0.15, -0.1) is 0 Å². The van der Waals surface area contributed by atoms with Crippen molar-refractivity contribution in [1.82, 2.24) is 5.32 Å². The van der Waals surface area contributed by atoms with Crippen LogP contribution in [0.3, 0.4) is 0 Å². The fraction of sp³-hybridized carbons (Fsp3) is 0.364. The normalized spacial score (nSPS) is 12.4. The molecular formula is C11H14BrNO4. The fourth-order valence-corrected chi connectivity index (χ4v) is 1.78. The number of rotatable bonds is 6. The molecule has 0 fully saturated rings. The van der Waals surface area contributed by atoms with Gasteiger partial charge in [0.15, 0.2) is 0 Å². The lowest BCUT2D eigenvalue weighted by atomic mass is 10.1. The molecule has 0 radical (unpaired) electrons. The second kappa shape index (κ2) is 6.70. The zero-order valence-corrected chi connectivity index (χ0v) is 10.6. The standard InChI is InChI=1S/C11H14BrNO4/c12-10-3-7(11(16)17)1-2-8(10)4-13-5-9(15)6-14/h1-3,9,13-15H,4-6H2,(H,16,17). The highest BCUT2D eigenvalue weighted by molar-refractivity contribution is 9.10. The first kappa shape index (κ1) is 14.1. The molecule has 0 heterocycles. The van der Waals surface area contributed by atoms with Crippen LogP contribution in [0.5, 0.6) is 0 Å². The number of carbonyl (C=O) groups is 1. The number of carboxylic acid groups (broad SMARTS) is 1. The number of hydrogen-bond donors (Lipinski definition) is 4. The fourth-order valence-electron chi connectivity index (χ4n) is 1.26. The molecule has 1 aromatic carbocycles. The van der Waals surface area contributed by atoms with E-state index in [9.17, 15) is 4.79 Å². The molecule has 0 saturated carbocycles. The molecule has 0 amide bonds. The van der Waals surface area contributed by atoms with Crippen LogP contribution < -0.4 is 5.32 Å². The van der Waals surface area contributed by atoms with E-state index in [-0.39, 0.29) is 18.7 Å². The van der Waals surface area contributed by atoms with Gasteiger partial charge in [0.05, 0.1) is 18.3 Å². The lowest BCUT2D eigenvalue weighted by Crippen LogP contribution is -2.29. The van der Waals surface area contributed by atoms with E-state index in [2.05, 4.69) is 21.2 Å². The molecule has 1 unspecified atom stereocenters. The van der Waals surface area contributed by atoms with Crippen molar-refractivity contribution in [2.24, 2.45) is 0 Å². The Morgan fingerprint density at radius 1 is 1.47 bits per heavy atom. The molecule has 0 spiro atoms. The van der Waals surface area contributed by atoms with Crippen LogP contribution in [-0.2, 0) is 6.54 Å². The van der Waals surface area contributed by atoms with Crippen LogP contribution in [0.2, 0.25) is 0 Å². The van der Waals surface area contributed by atoms with E-state index in [1.165, 1.54) is 12.1 Å². The number of nitrogens with one attached hydrogen (secondary N) is 1. The predicted octanol–water partition coefficient (Wildman–Crippen LogP) is 0.590. The molecule has 0 aliphatic rings. The minimum atomic E-state index is -0.971. The van der Waals surface area contributed by atoms with E-state index in [1.54, 1.807) is 6.07 Å². The monoisotopic (exact) mass is 303 g/mol. The average Bonchev–Trinajstić information content (AvgIpc) is 2.30. The first-order chi connectivity index (χ1) is 8.04. The Labute approximate surface area is 107 Å². The van der Waals surface area contributed by atoms with Gasteiger partial charge in [-0.05, 0) is 17.7 Å². The molecule has 0 bridgehead atoms. The number of halogens is 1. The second-order valence-corrected chi connectivity index (χ2v) is 4.43. The summed E-state index contributed by atoms with van der Waals surface area (Å²) in [4.78, 5) is 10.7. The molecule has 4 N–H and O–H groups in total. The number of aromatic carboxylic acids is 1. The van der Waals surface area contributed by atoms with Gasteiger partial charge in [-0.1, -0.05) is 22.0 Å². The smallest absolute Gasteiger partial charge is 0.335 e. The number of benzene rings is 1. The van der Waals surface area contributed by atoms with Crippen molar-refractivity contribution < 1.29 is 20.1 Å². The largest absolute Gasteiger partial charge is 0.478 e. The molecule has 1 atom stereocenters. The second-order valence-electron chi connectivity index (χ2n) is 3.58. The van der Waals surface area contributed by atoms with Crippen molar-refractivity contribution in [3.8, 4) is 0 Å². The van der Waals surface area contributed by atoms with Gasteiger partial charge >= 0.3 is 5.97 Å². The maximum absolute atomic E-state index is 10.7. The summed E-state index contributed by atoms with van der Waals surface area (Å²) in [5.74, 6) is -0.971. The van der Waals surface area contributed by atoms with Crippen molar-refractivity contribution in [3.63, 3.8) is 0 Å². The minimum Gasteiger partial charge on any atom is -0.478 e. The molecule has 17 heavy (non-hydrogen) atoms. The Hall–Kier alpha value is -0.950. The van der Waals surface area contributed by atoms with E-state index in [0.717, 1.165) is 5.56 Å². The Morgan fingerprint density at radius 2 is 2.18 bits per heavy atom. The van der Waals surface area contributed by atoms with Crippen LogP contribution in [0, 0.1) is 0 Å². The third-order valence-corrected chi connectivity index (χ3v) is 2.94. The zero-order valence-electron chi connectivity index (χ0n) is 9.06. The van der Waals surface area contributed by atoms with Gasteiger partial charge in [-0.25, -0.2) is 4.79 Å². The Kier molecular flexibility index (Phi) is 5.57. The Balaban J connectivity index is 2.57. The SMILES string of the molecule is O=C(O)c1ccc(CNCC(O)CO)c(Br)c1. The highest BCUT2D eigenvalue weighted by Crippen LogP contribution is 2.18. The highest BCUT2D eigenvalue weighted by Gasteiger charge is 2.07. The van der Waals surface area contributed by atoms with Crippen molar-refractivity contribution >= 4 is 21.9 Å². The van der Waals surface area contributed by atoms with E-state index in [1.807, 2.05) is 0 Å². The summed E-state index contributed by atoms with van der Waals surface area (Å²) in [5.41, 5.74) is 1.11. The summed E-state index contributed by atoms with van der Waals surface area (Å²) in [5, 5.41) is 29.5. The third-order valence-electron chi connectivity index (χ3n) is 2.21. The highest BCUT2D eigenvalue weighted by atomic mass is 79.9. The summed E-state index contributed by atoms with van der Waals surface area (Å²) in [6.45, 7) is 0.479. The summed E-state index contributed by atoms with van der Waals surface area (Å²) >= 11 is 3.28. The van der Waals surface area contributed by atoms with Crippen LogP contribution in [0.4, 0.5) is 0 Å². The minimum absolute atomic E-state index is 0.219. The van der Waals surface area contributed by atoms with Crippen molar-refractivity contribution in [2.75, 3.05) is 13.2 Å². The van der Waals surface area contributed by atoms with Crippen LogP contribution >= 0.6 is 15.9 Å². The van der Waals surface area contributed by atoms with E-state index >= 15 is 0 Å². The molecule has 0 aliphatic carbocycles. The number of aliphatic hydroxyl groups is 2. The van der Waals surface area contributed by atoms with E-state index < -0.39 is 12.1 Å². The molecular weight excluding hydrogens is 290 g/mol. The van der Waals surface area contributed by atoms with Gasteiger partial charge in [0.1, 0.15) is 0 Å². The van der Waals surface area contributed by atoms with Gasteiger partial charge in [0.25, 0.3) is 0 Å². The quantitative estimate of drug-likeness (QED) is 0.618. The average molecular weight is 304 g/mol. The van der Waals surface area contributed by atoms with Gasteiger partial charge < -0.3 is 20.6 Å². The van der Waals surface area contributed by atoms with Gasteiger partial charge in [-0.2, -0.15) is 0 Å². The van der Waals surface area contributed by atoms with Crippen LogP contribution in [0.1, 0.15) is 15.9 Å². The summed E-state index contributed by atoms with van der Waals surface area (Å²) < 4.78 is 0.698. The first-order valence-electron chi connectivity index (χ1n) is 5.06. The maximum atomic E-state index is 10.7. The molecule has 0 aliphatic heterocycles. The lowest BCUT2D eigenvalue weighted by Gasteiger charge is -2.10. The molecule has 5 nitrogen and oxygen atoms in total. The molecule has 1 rings (SSSR count).